The summed E-state index contributed by atoms with van der Waals surface area (Å²) in [4.78, 5) is 0. The second-order valence-electron chi connectivity index (χ2n) is 3.47. The van der Waals surface area contributed by atoms with E-state index in [-0.39, 0.29) is 0 Å². The monoisotopic (exact) mass is 198 g/mol. The van der Waals surface area contributed by atoms with E-state index in [9.17, 15) is 8.78 Å². The van der Waals surface area contributed by atoms with Crippen molar-refractivity contribution in [3.05, 3.63) is 35.4 Å². The Labute approximate surface area is 81.3 Å². The molecule has 1 aliphatic heterocycles. The van der Waals surface area contributed by atoms with Crippen molar-refractivity contribution in [3.8, 4) is 0 Å². The molecule has 0 radical (unpaired) electrons. The van der Waals surface area contributed by atoms with Crippen LogP contribution in [0.25, 0.3) is 0 Å². The second kappa shape index (κ2) is 4.02. The van der Waals surface area contributed by atoms with Gasteiger partial charge in [-0.05, 0) is 6.07 Å². The maximum absolute atomic E-state index is 13.1. The quantitative estimate of drug-likeness (QED) is 0.758. The Balaban J connectivity index is 1.94. The fourth-order valence-electron chi connectivity index (χ4n) is 1.35. The minimum absolute atomic E-state index is 0.416. The van der Waals surface area contributed by atoms with E-state index in [1.165, 1.54) is 12.1 Å². The number of benzene rings is 1. The van der Waals surface area contributed by atoms with E-state index in [0.717, 1.165) is 19.2 Å². The van der Waals surface area contributed by atoms with E-state index < -0.39 is 11.6 Å². The van der Waals surface area contributed by atoms with Gasteiger partial charge in [-0.25, -0.2) is 8.78 Å². The van der Waals surface area contributed by atoms with Crippen LogP contribution in [0, 0.1) is 11.6 Å². The molecule has 0 bridgehead atoms. The molecule has 4 heteroatoms. The smallest absolute Gasteiger partial charge is 0.130 e. The van der Waals surface area contributed by atoms with Gasteiger partial charge in [0.05, 0.1) is 0 Å². The van der Waals surface area contributed by atoms with Crippen LogP contribution >= 0.6 is 0 Å². The molecule has 0 unspecified atom stereocenters. The van der Waals surface area contributed by atoms with E-state index in [0.29, 0.717) is 18.2 Å². The summed E-state index contributed by atoms with van der Waals surface area (Å²) in [6, 6.07) is 4.08. The number of halogens is 2. The van der Waals surface area contributed by atoms with Crippen molar-refractivity contribution < 1.29 is 8.78 Å². The van der Waals surface area contributed by atoms with Crippen LogP contribution in [0.15, 0.2) is 18.2 Å². The molecule has 76 valence electrons. The summed E-state index contributed by atoms with van der Waals surface area (Å²) < 4.78 is 25.7. The Hall–Kier alpha value is -1.00. The van der Waals surface area contributed by atoms with Gasteiger partial charge in [0.1, 0.15) is 11.6 Å². The van der Waals surface area contributed by atoms with E-state index in [1.807, 2.05) is 0 Å². The van der Waals surface area contributed by atoms with Crippen molar-refractivity contribution in [3.63, 3.8) is 0 Å². The van der Waals surface area contributed by atoms with Crippen LogP contribution in [0.4, 0.5) is 8.78 Å². The molecule has 2 nitrogen and oxygen atoms in total. The van der Waals surface area contributed by atoms with Crippen LogP contribution in [0.3, 0.4) is 0 Å². The number of hydrogen-bond acceptors (Lipinski definition) is 2. The van der Waals surface area contributed by atoms with Gasteiger partial charge in [0, 0.05) is 37.3 Å². The van der Waals surface area contributed by atoms with Crippen LogP contribution in [-0.4, -0.2) is 19.1 Å². The summed E-state index contributed by atoms with van der Waals surface area (Å²) in [7, 11) is 0. The highest BCUT2D eigenvalue weighted by Crippen LogP contribution is 2.09. The predicted octanol–water partition coefficient (Wildman–Crippen LogP) is 1.03. The first-order chi connectivity index (χ1) is 6.75. The van der Waals surface area contributed by atoms with Crippen LogP contribution in [-0.2, 0) is 6.54 Å². The molecule has 1 heterocycles. The lowest BCUT2D eigenvalue weighted by atomic mass is 10.1. The molecule has 1 aromatic rings. The third-order valence-corrected chi connectivity index (χ3v) is 2.38. The summed E-state index contributed by atoms with van der Waals surface area (Å²) in [6.07, 6.45) is 0. The molecule has 1 aromatic carbocycles. The summed E-state index contributed by atoms with van der Waals surface area (Å²) in [5.74, 6) is -1.01. The molecule has 1 aliphatic rings. The molecule has 2 rings (SSSR count). The van der Waals surface area contributed by atoms with Gasteiger partial charge in [-0.2, -0.15) is 0 Å². The molecular formula is C10H12F2N2. The molecule has 14 heavy (non-hydrogen) atoms. The van der Waals surface area contributed by atoms with Crippen molar-refractivity contribution in [2.24, 2.45) is 0 Å². The third kappa shape index (κ3) is 2.08. The molecular weight excluding hydrogens is 186 g/mol. The van der Waals surface area contributed by atoms with Crippen LogP contribution in [0.1, 0.15) is 5.56 Å². The van der Waals surface area contributed by atoms with Crippen molar-refractivity contribution in [1.29, 1.82) is 0 Å². The molecule has 0 aromatic heterocycles. The van der Waals surface area contributed by atoms with Gasteiger partial charge >= 0.3 is 0 Å². The Kier molecular flexibility index (Phi) is 2.74. The number of rotatable bonds is 3. The Morgan fingerprint density at radius 2 is 2.14 bits per heavy atom. The van der Waals surface area contributed by atoms with Crippen molar-refractivity contribution in [2.45, 2.75) is 12.6 Å². The second-order valence-corrected chi connectivity index (χ2v) is 3.47. The summed E-state index contributed by atoms with van der Waals surface area (Å²) >= 11 is 0. The van der Waals surface area contributed by atoms with Gasteiger partial charge in [-0.15, -0.1) is 0 Å². The fourth-order valence-corrected chi connectivity index (χ4v) is 1.35. The maximum Gasteiger partial charge on any atom is 0.130 e. The number of nitrogens with one attached hydrogen (secondary N) is 2. The summed E-state index contributed by atoms with van der Waals surface area (Å²) in [5, 5.41) is 6.28. The zero-order valence-electron chi connectivity index (χ0n) is 7.69. The van der Waals surface area contributed by atoms with Crippen molar-refractivity contribution >= 4 is 0 Å². The SMILES string of the molecule is Fc1ccc(CNC2CNC2)c(F)c1. The molecule has 0 spiro atoms. The maximum atomic E-state index is 13.1. The predicted molar refractivity (Wildman–Crippen MR) is 49.9 cm³/mol. The average molecular weight is 198 g/mol. The zero-order valence-corrected chi connectivity index (χ0v) is 7.69. The van der Waals surface area contributed by atoms with Gasteiger partial charge < -0.3 is 10.6 Å². The lowest BCUT2D eigenvalue weighted by Gasteiger charge is -2.28. The highest BCUT2D eigenvalue weighted by molar-refractivity contribution is 5.18. The van der Waals surface area contributed by atoms with E-state index in [1.54, 1.807) is 0 Å². The Morgan fingerprint density at radius 3 is 2.71 bits per heavy atom. The number of hydrogen-bond donors (Lipinski definition) is 2. The standard InChI is InChI=1S/C10H12F2N2/c11-8-2-1-7(10(12)3-8)4-14-9-5-13-6-9/h1-3,9,13-14H,4-6H2. The average Bonchev–Trinajstić information content (AvgIpc) is 2.05. The van der Waals surface area contributed by atoms with Crippen LogP contribution in [0.2, 0.25) is 0 Å². The summed E-state index contributed by atoms with van der Waals surface area (Å²) in [6.45, 7) is 2.30. The first-order valence-electron chi connectivity index (χ1n) is 4.64. The van der Waals surface area contributed by atoms with Gasteiger partial charge in [-0.1, -0.05) is 6.07 Å². The molecule has 0 amide bonds. The molecule has 0 atom stereocenters. The van der Waals surface area contributed by atoms with E-state index >= 15 is 0 Å². The molecule has 0 saturated carbocycles. The normalized spacial score (nSPS) is 16.7. The Morgan fingerprint density at radius 1 is 1.36 bits per heavy atom. The molecule has 1 saturated heterocycles. The lowest BCUT2D eigenvalue weighted by molar-refractivity contribution is 0.363. The zero-order chi connectivity index (χ0) is 9.97. The van der Waals surface area contributed by atoms with Gasteiger partial charge in [0.25, 0.3) is 0 Å². The fraction of sp³-hybridized carbons (Fsp3) is 0.400. The van der Waals surface area contributed by atoms with Crippen molar-refractivity contribution in [1.82, 2.24) is 10.6 Å². The van der Waals surface area contributed by atoms with Gasteiger partial charge in [0.2, 0.25) is 0 Å². The van der Waals surface area contributed by atoms with Crippen LogP contribution in [0.5, 0.6) is 0 Å². The van der Waals surface area contributed by atoms with E-state index in [4.69, 9.17) is 0 Å². The molecule has 0 aliphatic carbocycles. The van der Waals surface area contributed by atoms with Gasteiger partial charge in [-0.3, -0.25) is 0 Å². The minimum atomic E-state index is -0.531. The highest BCUT2D eigenvalue weighted by Gasteiger charge is 2.15. The molecule has 1 fully saturated rings. The van der Waals surface area contributed by atoms with Crippen molar-refractivity contribution in [2.75, 3.05) is 13.1 Å². The minimum Gasteiger partial charge on any atom is -0.314 e. The Bertz CT molecular complexity index is 324. The van der Waals surface area contributed by atoms with Gasteiger partial charge in [0.15, 0.2) is 0 Å². The third-order valence-electron chi connectivity index (χ3n) is 2.38. The molecule has 2 N–H and O–H groups in total. The summed E-state index contributed by atoms with van der Waals surface area (Å²) in [5.41, 5.74) is 0.512. The highest BCUT2D eigenvalue weighted by atomic mass is 19.1. The lowest BCUT2D eigenvalue weighted by Crippen LogP contribution is -2.55. The first-order valence-corrected chi connectivity index (χ1v) is 4.64. The first kappa shape index (κ1) is 9.55. The largest absolute Gasteiger partial charge is 0.314 e. The topological polar surface area (TPSA) is 24.1 Å². The van der Waals surface area contributed by atoms with Crippen LogP contribution < -0.4 is 10.6 Å². The van der Waals surface area contributed by atoms with E-state index in [2.05, 4.69) is 10.6 Å².